The molecule has 5 aromatic rings. The number of esters is 1. The van der Waals surface area contributed by atoms with Gasteiger partial charge in [0.1, 0.15) is 30.0 Å². The van der Waals surface area contributed by atoms with Crippen molar-refractivity contribution >= 4 is 27.7 Å². The molecule has 0 fully saturated rings. The Morgan fingerprint density at radius 1 is 0.861 bits per heavy atom. The summed E-state index contributed by atoms with van der Waals surface area (Å²) in [6.45, 7) is 2.01. The van der Waals surface area contributed by atoms with Crippen molar-refractivity contribution in [3.63, 3.8) is 0 Å². The first kappa shape index (κ1) is 23.2. The minimum absolute atomic E-state index is 0.0855. The molecule has 0 saturated carbocycles. The average Bonchev–Trinajstić information content (AvgIpc) is 2.92. The van der Waals surface area contributed by atoms with E-state index >= 15 is 0 Å². The molecular formula is C30H24O6. The largest absolute Gasteiger partial charge is 0.479 e. The molecule has 0 amide bonds. The zero-order valence-electron chi connectivity index (χ0n) is 19.7. The third-order valence-corrected chi connectivity index (χ3v) is 5.80. The van der Waals surface area contributed by atoms with Crippen LogP contribution in [0, 0.1) is 0 Å². The van der Waals surface area contributed by atoms with Crippen LogP contribution in [0.2, 0.25) is 0 Å². The fourth-order valence-corrected chi connectivity index (χ4v) is 3.88. The number of ether oxygens (including phenoxy) is 3. The van der Waals surface area contributed by atoms with E-state index in [4.69, 9.17) is 18.6 Å². The zero-order chi connectivity index (χ0) is 24.9. The van der Waals surface area contributed by atoms with Gasteiger partial charge in [0.05, 0.1) is 5.39 Å². The predicted molar refractivity (Wildman–Crippen MR) is 137 cm³/mol. The van der Waals surface area contributed by atoms with E-state index < -0.39 is 12.1 Å². The highest BCUT2D eigenvalue weighted by atomic mass is 16.6. The molecule has 0 saturated heterocycles. The van der Waals surface area contributed by atoms with Crippen molar-refractivity contribution < 1.29 is 23.4 Å². The van der Waals surface area contributed by atoms with Gasteiger partial charge in [0.25, 0.3) is 0 Å². The van der Waals surface area contributed by atoms with Crippen molar-refractivity contribution in [1.29, 1.82) is 0 Å². The number of hydrogen-bond acceptors (Lipinski definition) is 6. The molecule has 180 valence electrons. The van der Waals surface area contributed by atoms with Gasteiger partial charge >= 0.3 is 5.97 Å². The van der Waals surface area contributed by atoms with Crippen LogP contribution in [0.25, 0.3) is 21.7 Å². The monoisotopic (exact) mass is 480 g/mol. The summed E-state index contributed by atoms with van der Waals surface area (Å²) in [4.78, 5) is 25.5. The first-order chi connectivity index (χ1) is 17.6. The van der Waals surface area contributed by atoms with Gasteiger partial charge in [-0.1, -0.05) is 67.6 Å². The van der Waals surface area contributed by atoms with Gasteiger partial charge in [-0.2, -0.15) is 0 Å². The minimum atomic E-state index is -0.784. The smallest absolute Gasteiger partial charge is 0.347 e. The Kier molecular flexibility index (Phi) is 6.67. The summed E-state index contributed by atoms with van der Waals surface area (Å²) in [5.41, 5.74) is 0.927. The summed E-state index contributed by atoms with van der Waals surface area (Å²) in [5.74, 6) is 0.571. The van der Waals surface area contributed by atoms with Crippen molar-refractivity contribution in [2.45, 2.75) is 26.1 Å². The van der Waals surface area contributed by atoms with Crippen LogP contribution in [0.4, 0.5) is 0 Å². The molecule has 6 heteroatoms. The molecule has 0 bridgehead atoms. The fourth-order valence-electron chi connectivity index (χ4n) is 3.88. The van der Waals surface area contributed by atoms with Gasteiger partial charge in [-0.3, -0.25) is 4.79 Å². The van der Waals surface area contributed by atoms with Crippen molar-refractivity contribution in [2.75, 3.05) is 0 Å². The van der Waals surface area contributed by atoms with E-state index in [0.29, 0.717) is 28.9 Å². The van der Waals surface area contributed by atoms with Crippen LogP contribution >= 0.6 is 0 Å². The number of carbonyl (C=O) groups excluding carboxylic acids is 1. The Morgan fingerprint density at radius 3 is 2.42 bits per heavy atom. The van der Waals surface area contributed by atoms with Crippen molar-refractivity contribution in [2.24, 2.45) is 0 Å². The number of fused-ring (bicyclic) bond motifs is 2. The predicted octanol–water partition coefficient (Wildman–Crippen LogP) is 6.64. The molecule has 6 nitrogen and oxygen atoms in total. The van der Waals surface area contributed by atoms with E-state index in [1.807, 2.05) is 79.7 Å². The lowest BCUT2D eigenvalue weighted by atomic mass is 10.1. The Hall–Kier alpha value is -4.58. The Labute approximate surface area is 207 Å². The number of hydrogen-bond donors (Lipinski definition) is 0. The normalized spacial score (nSPS) is 11.8. The highest BCUT2D eigenvalue weighted by molar-refractivity contribution is 5.84. The van der Waals surface area contributed by atoms with Crippen LogP contribution < -0.4 is 14.9 Å². The fraction of sp³-hybridized carbons (Fsp3) is 0.133. The van der Waals surface area contributed by atoms with Crippen LogP contribution in [0.15, 0.2) is 106 Å². The lowest BCUT2D eigenvalue weighted by Crippen LogP contribution is -2.28. The van der Waals surface area contributed by atoms with Crippen molar-refractivity contribution in [1.82, 2.24) is 0 Å². The average molecular weight is 481 g/mol. The molecular weight excluding hydrogens is 456 g/mol. The van der Waals surface area contributed by atoms with E-state index in [1.54, 1.807) is 18.2 Å². The van der Waals surface area contributed by atoms with Crippen LogP contribution in [-0.4, -0.2) is 12.1 Å². The maximum absolute atomic E-state index is 13.0. The summed E-state index contributed by atoms with van der Waals surface area (Å²) >= 11 is 0. The van der Waals surface area contributed by atoms with Gasteiger partial charge in [0.2, 0.25) is 11.2 Å². The molecule has 4 aromatic carbocycles. The highest BCUT2D eigenvalue weighted by Gasteiger charge is 2.21. The third kappa shape index (κ3) is 5.08. The maximum atomic E-state index is 13.0. The topological polar surface area (TPSA) is 75.0 Å². The number of carbonyl (C=O) groups is 1. The SMILES string of the molecule is CCC(Oc1ccc2c(=O)c(Oc3ccc4ccccc4c3)coc2c1)C(=O)OCc1ccccc1. The summed E-state index contributed by atoms with van der Waals surface area (Å²) in [7, 11) is 0. The lowest BCUT2D eigenvalue weighted by Gasteiger charge is -2.17. The van der Waals surface area contributed by atoms with Gasteiger partial charge in [0, 0.05) is 6.07 Å². The Balaban J connectivity index is 1.31. The third-order valence-electron chi connectivity index (χ3n) is 5.80. The van der Waals surface area contributed by atoms with Crippen LogP contribution in [0.3, 0.4) is 0 Å². The van der Waals surface area contributed by atoms with Gasteiger partial charge in [0.15, 0.2) is 6.10 Å². The quantitative estimate of drug-likeness (QED) is 0.232. The molecule has 1 aromatic heterocycles. The molecule has 5 rings (SSSR count). The molecule has 0 aliphatic heterocycles. The lowest BCUT2D eigenvalue weighted by molar-refractivity contribution is -0.153. The summed E-state index contributed by atoms with van der Waals surface area (Å²) in [6, 6.07) is 27.8. The molecule has 1 atom stereocenters. The van der Waals surface area contributed by atoms with E-state index in [-0.39, 0.29) is 17.8 Å². The first-order valence-electron chi connectivity index (χ1n) is 11.7. The van der Waals surface area contributed by atoms with Gasteiger partial charge in [-0.15, -0.1) is 0 Å². The molecule has 0 aliphatic carbocycles. The van der Waals surface area contributed by atoms with E-state index in [2.05, 4.69) is 0 Å². The standard InChI is InChI=1S/C30H24O6/c1-2-26(30(32)34-18-20-8-4-3-5-9-20)35-24-14-15-25-27(17-24)33-19-28(29(25)31)36-23-13-12-21-10-6-7-11-22(21)16-23/h3-17,19,26H,2,18H2,1H3. The zero-order valence-corrected chi connectivity index (χ0v) is 19.7. The summed E-state index contributed by atoms with van der Waals surface area (Å²) < 4.78 is 22.8. The first-order valence-corrected chi connectivity index (χ1v) is 11.7. The van der Waals surface area contributed by atoms with E-state index in [0.717, 1.165) is 16.3 Å². The summed E-state index contributed by atoms with van der Waals surface area (Å²) in [6.07, 6.45) is 0.928. The molecule has 0 spiro atoms. The number of rotatable bonds is 8. The number of benzene rings is 4. The van der Waals surface area contributed by atoms with Crippen molar-refractivity contribution in [3.8, 4) is 17.2 Å². The molecule has 36 heavy (non-hydrogen) atoms. The highest BCUT2D eigenvalue weighted by Crippen LogP contribution is 2.27. The summed E-state index contributed by atoms with van der Waals surface area (Å²) in [5, 5.41) is 2.44. The van der Waals surface area contributed by atoms with E-state index in [9.17, 15) is 9.59 Å². The molecule has 0 N–H and O–H groups in total. The Morgan fingerprint density at radius 2 is 1.61 bits per heavy atom. The van der Waals surface area contributed by atoms with Crippen LogP contribution in [0.5, 0.6) is 17.2 Å². The molecule has 1 unspecified atom stereocenters. The molecule has 0 radical (unpaired) electrons. The second-order valence-corrected chi connectivity index (χ2v) is 8.31. The van der Waals surface area contributed by atoms with Crippen LogP contribution in [-0.2, 0) is 16.1 Å². The second kappa shape index (κ2) is 10.4. The minimum Gasteiger partial charge on any atom is -0.479 e. The van der Waals surface area contributed by atoms with Gasteiger partial charge in [-0.25, -0.2) is 4.79 Å². The molecule has 1 heterocycles. The van der Waals surface area contributed by atoms with Gasteiger partial charge in [-0.05, 0) is 47.0 Å². The second-order valence-electron chi connectivity index (χ2n) is 8.31. The molecule has 0 aliphatic rings. The maximum Gasteiger partial charge on any atom is 0.347 e. The Bertz CT molecular complexity index is 1570. The van der Waals surface area contributed by atoms with E-state index in [1.165, 1.54) is 6.26 Å². The van der Waals surface area contributed by atoms with Crippen LogP contribution in [0.1, 0.15) is 18.9 Å². The van der Waals surface area contributed by atoms with Crippen molar-refractivity contribution in [3.05, 3.63) is 113 Å². The van der Waals surface area contributed by atoms with Gasteiger partial charge < -0.3 is 18.6 Å².